The second-order valence-electron chi connectivity index (χ2n) is 4.88. The maximum absolute atomic E-state index is 11.9. The predicted octanol–water partition coefficient (Wildman–Crippen LogP) is 0.301. The van der Waals surface area contributed by atoms with Crippen molar-refractivity contribution in [2.75, 3.05) is 39.1 Å². The third-order valence-corrected chi connectivity index (χ3v) is 5.57. The first kappa shape index (κ1) is 17.6. The lowest BCUT2D eigenvalue weighted by molar-refractivity contribution is 0.203. The Morgan fingerprint density at radius 1 is 1.40 bits per heavy atom. The number of sulfonamides is 1. The highest BCUT2D eigenvalue weighted by molar-refractivity contribution is 7.89. The zero-order chi connectivity index (χ0) is 15.0. The predicted molar refractivity (Wildman–Crippen MR) is 84.3 cm³/mol. The summed E-state index contributed by atoms with van der Waals surface area (Å²) in [4.78, 5) is 0. The first-order valence-corrected chi connectivity index (χ1v) is 9.02. The smallest absolute Gasteiger partial charge is 0.214 e. The van der Waals surface area contributed by atoms with Crippen LogP contribution in [-0.4, -0.2) is 63.0 Å². The van der Waals surface area contributed by atoms with Crippen molar-refractivity contribution in [1.29, 1.82) is 0 Å². The van der Waals surface area contributed by atoms with Crippen LogP contribution in [0.15, 0.2) is 0 Å². The Morgan fingerprint density at radius 3 is 2.60 bits per heavy atom. The van der Waals surface area contributed by atoms with Crippen LogP contribution < -0.4 is 10.6 Å². The summed E-state index contributed by atoms with van der Waals surface area (Å²) in [6.07, 6.45) is 2.23. The summed E-state index contributed by atoms with van der Waals surface area (Å²) in [5, 5.41) is 6.89. The van der Waals surface area contributed by atoms with E-state index in [0.29, 0.717) is 37.8 Å². The SMILES string of the molecule is CCCS(=O)(=O)N1CCC(NC(=S)NCCOC)CC1. The van der Waals surface area contributed by atoms with Crippen LogP contribution in [0, 0.1) is 0 Å². The van der Waals surface area contributed by atoms with E-state index in [2.05, 4.69) is 10.6 Å². The van der Waals surface area contributed by atoms with E-state index in [-0.39, 0.29) is 11.8 Å². The number of hydrogen-bond acceptors (Lipinski definition) is 4. The molecule has 1 heterocycles. The molecule has 0 unspecified atom stereocenters. The lowest BCUT2D eigenvalue weighted by atomic mass is 10.1. The van der Waals surface area contributed by atoms with Gasteiger partial charge in [0.05, 0.1) is 12.4 Å². The summed E-state index contributed by atoms with van der Waals surface area (Å²) in [6.45, 7) is 4.30. The highest BCUT2D eigenvalue weighted by Gasteiger charge is 2.27. The van der Waals surface area contributed by atoms with Gasteiger partial charge in [-0.3, -0.25) is 0 Å². The molecule has 0 spiro atoms. The van der Waals surface area contributed by atoms with Crippen molar-refractivity contribution in [3.8, 4) is 0 Å². The van der Waals surface area contributed by atoms with Crippen molar-refractivity contribution >= 4 is 27.4 Å². The zero-order valence-corrected chi connectivity index (χ0v) is 13.9. The van der Waals surface area contributed by atoms with Crippen molar-refractivity contribution in [1.82, 2.24) is 14.9 Å². The molecule has 118 valence electrons. The summed E-state index contributed by atoms with van der Waals surface area (Å²) >= 11 is 5.18. The molecule has 1 fully saturated rings. The second-order valence-corrected chi connectivity index (χ2v) is 7.38. The maximum Gasteiger partial charge on any atom is 0.214 e. The Labute approximate surface area is 127 Å². The Morgan fingerprint density at radius 2 is 2.05 bits per heavy atom. The molecule has 0 bridgehead atoms. The molecule has 1 aliphatic heterocycles. The molecule has 20 heavy (non-hydrogen) atoms. The summed E-state index contributed by atoms with van der Waals surface area (Å²) in [6, 6.07) is 0.241. The maximum atomic E-state index is 11.9. The number of thiocarbonyl (C=S) groups is 1. The standard InChI is InChI=1S/C12H25N3O3S2/c1-3-10-20(16,17)15-7-4-11(5-8-15)14-12(19)13-6-9-18-2/h11H,3-10H2,1-2H3,(H2,13,14,19). The number of methoxy groups -OCH3 is 1. The molecule has 8 heteroatoms. The molecular weight excluding hydrogens is 298 g/mol. The number of hydrogen-bond donors (Lipinski definition) is 2. The molecule has 0 aliphatic carbocycles. The minimum Gasteiger partial charge on any atom is -0.383 e. The van der Waals surface area contributed by atoms with E-state index in [9.17, 15) is 8.42 Å². The van der Waals surface area contributed by atoms with E-state index in [0.717, 1.165) is 12.8 Å². The third-order valence-electron chi connectivity index (χ3n) is 3.24. The molecule has 6 nitrogen and oxygen atoms in total. The summed E-state index contributed by atoms with van der Waals surface area (Å²) in [5.74, 6) is 0.238. The highest BCUT2D eigenvalue weighted by Crippen LogP contribution is 2.15. The molecule has 0 aromatic heterocycles. The van der Waals surface area contributed by atoms with E-state index in [4.69, 9.17) is 17.0 Å². The van der Waals surface area contributed by atoms with Crippen molar-refractivity contribution < 1.29 is 13.2 Å². The van der Waals surface area contributed by atoms with Gasteiger partial charge in [0.25, 0.3) is 0 Å². The molecule has 2 N–H and O–H groups in total. The number of rotatable bonds is 7. The highest BCUT2D eigenvalue weighted by atomic mass is 32.2. The topological polar surface area (TPSA) is 70.7 Å². The van der Waals surface area contributed by atoms with Crippen LogP contribution in [0.4, 0.5) is 0 Å². The van der Waals surface area contributed by atoms with Gasteiger partial charge < -0.3 is 15.4 Å². The number of ether oxygens (including phenoxy) is 1. The van der Waals surface area contributed by atoms with Crippen LogP contribution in [0.1, 0.15) is 26.2 Å². The Bertz CT molecular complexity index is 393. The molecule has 0 atom stereocenters. The summed E-state index contributed by atoms with van der Waals surface area (Å²) in [7, 11) is -1.42. The van der Waals surface area contributed by atoms with E-state index < -0.39 is 10.0 Å². The Balaban J connectivity index is 2.30. The Hall–Kier alpha value is -0.440. The summed E-state index contributed by atoms with van der Waals surface area (Å²) in [5.41, 5.74) is 0. The van der Waals surface area contributed by atoms with Gasteiger partial charge in [0, 0.05) is 32.8 Å². The van der Waals surface area contributed by atoms with Gasteiger partial charge in [0.15, 0.2) is 5.11 Å². The first-order chi connectivity index (χ1) is 9.49. The summed E-state index contributed by atoms with van der Waals surface area (Å²) < 4.78 is 30.4. The molecule has 0 radical (unpaired) electrons. The Kier molecular flexibility index (Phi) is 7.71. The average Bonchev–Trinajstić information content (AvgIpc) is 2.39. The first-order valence-electron chi connectivity index (χ1n) is 7.00. The van der Waals surface area contributed by atoms with Gasteiger partial charge in [-0.25, -0.2) is 12.7 Å². The number of piperidine rings is 1. The fourth-order valence-corrected chi connectivity index (χ4v) is 3.98. The van der Waals surface area contributed by atoms with Gasteiger partial charge in [-0.2, -0.15) is 0 Å². The fourth-order valence-electron chi connectivity index (χ4n) is 2.17. The third kappa shape index (κ3) is 5.90. The lowest BCUT2D eigenvalue weighted by Crippen LogP contribution is -2.49. The van der Waals surface area contributed by atoms with Crippen LogP contribution in [0.2, 0.25) is 0 Å². The molecule has 0 aromatic rings. The molecular formula is C12H25N3O3S2. The molecule has 0 saturated carbocycles. The van der Waals surface area contributed by atoms with Crippen molar-refractivity contribution in [3.63, 3.8) is 0 Å². The van der Waals surface area contributed by atoms with Crippen molar-refractivity contribution in [2.45, 2.75) is 32.2 Å². The van der Waals surface area contributed by atoms with Crippen molar-refractivity contribution in [2.24, 2.45) is 0 Å². The molecule has 1 saturated heterocycles. The monoisotopic (exact) mass is 323 g/mol. The van der Waals surface area contributed by atoms with Crippen LogP contribution >= 0.6 is 12.2 Å². The van der Waals surface area contributed by atoms with Crippen LogP contribution in [0.5, 0.6) is 0 Å². The van der Waals surface area contributed by atoms with Gasteiger partial charge in [0.1, 0.15) is 0 Å². The van der Waals surface area contributed by atoms with Gasteiger partial charge in [-0.15, -0.1) is 0 Å². The minimum absolute atomic E-state index is 0.238. The largest absolute Gasteiger partial charge is 0.383 e. The van der Waals surface area contributed by atoms with Crippen LogP contribution in [-0.2, 0) is 14.8 Å². The molecule has 0 amide bonds. The van der Waals surface area contributed by atoms with E-state index in [1.807, 2.05) is 6.92 Å². The van der Waals surface area contributed by atoms with Crippen molar-refractivity contribution in [3.05, 3.63) is 0 Å². The second kappa shape index (κ2) is 8.76. The minimum atomic E-state index is -3.06. The van der Waals surface area contributed by atoms with E-state index in [1.54, 1.807) is 11.4 Å². The van der Waals surface area contributed by atoms with Crippen LogP contribution in [0.25, 0.3) is 0 Å². The van der Waals surface area contributed by atoms with E-state index >= 15 is 0 Å². The quantitative estimate of drug-likeness (QED) is 0.519. The number of nitrogens with one attached hydrogen (secondary N) is 2. The normalized spacial score (nSPS) is 17.9. The fraction of sp³-hybridized carbons (Fsp3) is 0.917. The molecule has 1 aliphatic rings. The average molecular weight is 323 g/mol. The van der Waals surface area contributed by atoms with E-state index in [1.165, 1.54) is 0 Å². The molecule has 1 rings (SSSR count). The van der Waals surface area contributed by atoms with Crippen LogP contribution in [0.3, 0.4) is 0 Å². The van der Waals surface area contributed by atoms with Gasteiger partial charge >= 0.3 is 0 Å². The van der Waals surface area contributed by atoms with Gasteiger partial charge in [-0.05, 0) is 31.5 Å². The zero-order valence-electron chi connectivity index (χ0n) is 12.2. The lowest BCUT2D eigenvalue weighted by Gasteiger charge is -2.32. The van der Waals surface area contributed by atoms with Gasteiger partial charge in [0.2, 0.25) is 10.0 Å². The number of nitrogens with zero attached hydrogens (tertiary/aromatic N) is 1. The van der Waals surface area contributed by atoms with Gasteiger partial charge in [-0.1, -0.05) is 6.92 Å². The molecule has 0 aromatic carbocycles.